The van der Waals surface area contributed by atoms with Crippen molar-refractivity contribution in [1.82, 2.24) is 0 Å². The number of hydrogen-bond acceptors (Lipinski definition) is 5. The van der Waals surface area contributed by atoms with E-state index >= 15 is 0 Å². The summed E-state index contributed by atoms with van der Waals surface area (Å²) in [6.45, 7) is 0. The van der Waals surface area contributed by atoms with E-state index in [1.165, 1.54) is 12.1 Å². The van der Waals surface area contributed by atoms with Gasteiger partial charge in [-0.25, -0.2) is 0 Å². The first-order chi connectivity index (χ1) is 11.0. The lowest BCUT2D eigenvalue weighted by Crippen LogP contribution is -2.13. The number of aryl methyl sites for hydroxylation is 1. The molecule has 0 radical (unpaired) electrons. The van der Waals surface area contributed by atoms with Crippen LogP contribution >= 0.6 is 0 Å². The Morgan fingerprint density at radius 3 is 2.48 bits per heavy atom. The molecule has 23 heavy (non-hydrogen) atoms. The van der Waals surface area contributed by atoms with Crippen LogP contribution in [0, 0.1) is 10.1 Å². The lowest BCUT2D eigenvalue weighted by molar-refractivity contribution is -0.401. The molecular formula is C15H14N2O6. The zero-order valence-electron chi connectivity index (χ0n) is 12.0. The van der Waals surface area contributed by atoms with E-state index in [2.05, 4.69) is 0 Å². The third-order valence-corrected chi connectivity index (χ3v) is 3.17. The van der Waals surface area contributed by atoms with E-state index in [-0.39, 0.29) is 12.3 Å². The number of nitro groups is 1. The SMILES string of the molecule is O=CN(c1ccc(CCCC(=O)O)cc1)c1ccc([N+](=O)[O-])o1. The minimum absolute atomic E-state index is 0.0466. The number of furan rings is 1. The van der Waals surface area contributed by atoms with E-state index in [0.29, 0.717) is 24.9 Å². The van der Waals surface area contributed by atoms with E-state index in [0.717, 1.165) is 10.5 Å². The van der Waals surface area contributed by atoms with Gasteiger partial charge in [-0.1, -0.05) is 12.1 Å². The summed E-state index contributed by atoms with van der Waals surface area (Å²) < 4.78 is 5.00. The van der Waals surface area contributed by atoms with Crippen molar-refractivity contribution < 1.29 is 24.0 Å². The molecule has 8 nitrogen and oxygen atoms in total. The highest BCUT2D eigenvalue weighted by Gasteiger charge is 2.17. The van der Waals surface area contributed by atoms with E-state index in [1.807, 2.05) is 0 Å². The summed E-state index contributed by atoms with van der Waals surface area (Å²) >= 11 is 0. The molecule has 0 saturated heterocycles. The molecule has 1 heterocycles. The van der Waals surface area contributed by atoms with Crippen LogP contribution in [0.4, 0.5) is 17.5 Å². The normalized spacial score (nSPS) is 10.3. The first-order valence-electron chi connectivity index (χ1n) is 6.81. The number of hydrogen-bond donors (Lipinski definition) is 1. The van der Waals surface area contributed by atoms with Gasteiger partial charge in [0.1, 0.15) is 4.92 Å². The fourth-order valence-electron chi connectivity index (χ4n) is 2.05. The standard InChI is InChI=1S/C15H14N2O6/c18-10-16(13-8-9-14(23-13)17(21)22)12-6-4-11(5-7-12)2-1-3-15(19)20/h4-10H,1-3H2,(H,19,20). The minimum atomic E-state index is -0.840. The van der Waals surface area contributed by atoms with Crippen LogP contribution in [0.2, 0.25) is 0 Å². The quantitative estimate of drug-likeness (QED) is 0.455. The highest BCUT2D eigenvalue weighted by Crippen LogP contribution is 2.29. The van der Waals surface area contributed by atoms with Crippen LogP contribution in [0.25, 0.3) is 0 Å². The number of carboxylic acids is 1. The van der Waals surface area contributed by atoms with Gasteiger partial charge in [-0.3, -0.25) is 24.6 Å². The van der Waals surface area contributed by atoms with Crippen molar-refractivity contribution in [2.24, 2.45) is 0 Å². The number of rotatable bonds is 8. The monoisotopic (exact) mass is 318 g/mol. The van der Waals surface area contributed by atoms with Crippen LogP contribution in [-0.2, 0) is 16.0 Å². The smallest absolute Gasteiger partial charge is 0.434 e. The summed E-state index contributed by atoms with van der Waals surface area (Å²) in [6, 6.07) is 9.38. The minimum Gasteiger partial charge on any atom is -0.481 e. The predicted octanol–water partition coefficient (Wildman–Crippen LogP) is 2.89. The molecule has 0 atom stereocenters. The Labute approximate surface area is 131 Å². The van der Waals surface area contributed by atoms with E-state index in [9.17, 15) is 19.7 Å². The highest BCUT2D eigenvalue weighted by molar-refractivity contribution is 5.84. The molecule has 2 aromatic rings. The van der Waals surface area contributed by atoms with Crippen LogP contribution < -0.4 is 4.90 Å². The summed E-state index contributed by atoms with van der Waals surface area (Å²) in [5.41, 5.74) is 1.43. The molecule has 1 aromatic heterocycles. The molecule has 0 aliphatic heterocycles. The molecule has 120 valence electrons. The Balaban J connectivity index is 2.10. The number of carboxylic acid groups (broad SMARTS) is 1. The molecule has 0 unspecified atom stereocenters. The molecule has 0 aliphatic rings. The number of anilines is 2. The summed E-state index contributed by atoms with van der Waals surface area (Å²) in [5, 5.41) is 19.2. The van der Waals surface area contributed by atoms with Crippen molar-refractivity contribution in [3.63, 3.8) is 0 Å². The third-order valence-electron chi connectivity index (χ3n) is 3.17. The van der Waals surface area contributed by atoms with Crippen molar-refractivity contribution in [3.8, 4) is 0 Å². The molecular weight excluding hydrogens is 304 g/mol. The van der Waals surface area contributed by atoms with Crippen LogP contribution in [0.1, 0.15) is 18.4 Å². The van der Waals surface area contributed by atoms with Crippen molar-refractivity contribution in [2.45, 2.75) is 19.3 Å². The van der Waals surface area contributed by atoms with Gasteiger partial charge in [-0.2, -0.15) is 0 Å². The maximum absolute atomic E-state index is 11.2. The molecule has 0 bridgehead atoms. The van der Waals surface area contributed by atoms with Gasteiger partial charge in [0.15, 0.2) is 0 Å². The first kappa shape index (κ1) is 16.2. The van der Waals surface area contributed by atoms with Gasteiger partial charge in [0.2, 0.25) is 12.3 Å². The number of nitrogens with zero attached hydrogens (tertiary/aromatic N) is 2. The van der Waals surface area contributed by atoms with Crippen molar-refractivity contribution in [1.29, 1.82) is 0 Å². The zero-order valence-corrected chi connectivity index (χ0v) is 12.0. The molecule has 1 aromatic carbocycles. The van der Waals surface area contributed by atoms with Crippen molar-refractivity contribution in [2.75, 3.05) is 4.90 Å². The number of benzene rings is 1. The Morgan fingerprint density at radius 1 is 1.26 bits per heavy atom. The highest BCUT2D eigenvalue weighted by atomic mass is 16.6. The van der Waals surface area contributed by atoms with E-state index in [4.69, 9.17) is 9.52 Å². The Morgan fingerprint density at radius 2 is 1.96 bits per heavy atom. The first-order valence-corrected chi connectivity index (χ1v) is 6.81. The second kappa shape index (κ2) is 7.21. The summed E-state index contributed by atoms with van der Waals surface area (Å²) in [6.07, 6.45) is 1.73. The van der Waals surface area contributed by atoms with Gasteiger partial charge in [-0.15, -0.1) is 0 Å². The Kier molecular flexibility index (Phi) is 5.08. The molecule has 2 rings (SSSR count). The number of amides is 1. The molecule has 0 saturated carbocycles. The van der Waals surface area contributed by atoms with Gasteiger partial charge in [0.05, 0.1) is 11.8 Å². The summed E-state index contributed by atoms with van der Waals surface area (Å²) in [7, 11) is 0. The number of aliphatic carboxylic acids is 1. The maximum Gasteiger partial charge on any atom is 0.434 e. The average Bonchev–Trinajstić information content (AvgIpc) is 2.99. The Bertz CT molecular complexity index is 707. The van der Waals surface area contributed by atoms with Crippen LogP contribution in [0.15, 0.2) is 40.8 Å². The lowest BCUT2D eigenvalue weighted by Gasteiger charge is -2.14. The lowest BCUT2D eigenvalue weighted by atomic mass is 10.1. The second-order valence-corrected chi connectivity index (χ2v) is 4.76. The molecule has 0 spiro atoms. The zero-order chi connectivity index (χ0) is 16.8. The summed E-state index contributed by atoms with van der Waals surface area (Å²) in [4.78, 5) is 32.8. The molecule has 1 amide bonds. The summed E-state index contributed by atoms with van der Waals surface area (Å²) in [5.74, 6) is -1.24. The average molecular weight is 318 g/mol. The topological polar surface area (TPSA) is 114 Å². The Hall–Kier alpha value is -3.16. The molecule has 0 aliphatic carbocycles. The largest absolute Gasteiger partial charge is 0.481 e. The van der Waals surface area contributed by atoms with Crippen LogP contribution in [0.5, 0.6) is 0 Å². The number of carbonyl (C=O) groups is 2. The van der Waals surface area contributed by atoms with Gasteiger partial charge >= 0.3 is 11.9 Å². The van der Waals surface area contributed by atoms with Crippen molar-refractivity contribution in [3.05, 3.63) is 52.1 Å². The fourth-order valence-corrected chi connectivity index (χ4v) is 2.05. The van der Waals surface area contributed by atoms with Gasteiger partial charge < -0.3 is 9.52 Å². The molecule has 0 fully saturated rings. The molecule has 8 heteroatoms. The maximum atomic E-state index is 11.2. The van der Waals surface area contributed by atoms with E-state index < -0.39 is 16.8 Å². The second-order valence-electron chi connectivity index (χ2n) is 4.76. The van der Waals surface area contributed by atoms with Gasteiger partial charge in [0, 0.05) is 12.5 Å². The van der Waals surface area contributed by atoms with Crippen LogP contribution in [0.3, 0.4) is 0 Å². The van der Waals surface area contributed by atoms with Gasteiger partial charge in [-0.05, 0) is 30.5 Å². The van der Waals surface area contributed by atoms with Crippen LogP contribution in [-0.4, -0.2) is 22.4 Å². The van der Waals surface area contributed by atoms with Crippen molar-refractivity contribution >= 4 is 29.8 Å². The predicted molar refractivity (Wildman–Crippen MR) is 80.6 cm³/mol. The number of carbonyl (C=O) groups excluding carboxylic acids is 1. The van der Waals surface area contributed by atoms with E-state index in [1.54, 1.807) is 24.3 Å². The van der Waals surface area contributed by atoms with Gasteiger partial charge in [0.25, 0.3) is 0 Å². The fraction of sp³-hybridized carbons (Fsp3) is 0.200. The molecule has 1 N–H and O–H groups in total. The third kappa shape index (κ3) is 4.16.